The van der Waals surface area contributed by atoms with Gasteiger partial charge in [0.1, 0.15) is 5.82 Å². The van der Waals surface area contributed by atoms with Gasteiger partial charge in [0, 0.05) is 18.3 Å². The van der Waals surface area contributed by atoms with Crippen LogP contribution in [0.25, 0.3) is 0 Å². The quantitative estimate of drug-likeness (QED) is 0.784. The van der Waals surface area contributed by atoms with Gasteiger partial charge in [-0.15, -0.1) is 0 Å². The molecule has 1 heterocycles. The lowest BCUT2D eigenvalue weighted by atomic mass is 10.1. The zero-order valence-electron chi connectivity index (χ0n) is 11.4. The predicted molar refractivity (Wildman–Crippen MR) is 74.7 cm³/mol. The minimum Gasteiger partial charge on any atom is -0.399 e. The van der Waals surface area contributed by atoms with Crippen LogP contribution in [0.3, 0.4) is 0 Å². The fourth-order valence-electron chi connectivity index (χ4n) is 2.41. The molecule has 1 aromatic rings. The molecule has 2 N–H and O–H groups in total. The Morgan fingerprint density at radius 3 is 2.70 bits per heavy atom. The molecule has 7 heteroatoms. The summed E-state index contributed by atoms with van der Waals surface area (Å²) in [6.45, 7) is 3.26. The van der Waals surface area contributed by atoms with E-state index in [2.05, 4.69) is 0 Å². The number of hydrogen-bond donors (Lipinski definition) is 1. The summed E-state index contributed by atoms with van der Waals surface area (Å²) in [5.74, 6) is -1.31. The van der Waals surface area contributed by atoms with Crippen molar-refractivity contribution in [2.45, 2.75) is 19.9 Å². The summed E-state index contributed by atoms with van der Waals surface area (Å²) >= 11 is 0. The van der Waals surface area contributed by atoms with Gasteiger partial charge in [-0.2, -0.15) is 0 Å². The zero-order valence-corrected chi connectivity index (χ0v) is 12.2. The maximum Gasteiger partial charge on any atom is 0.257 e. The van der Waals surface area contributed by atoms with Gasteiger partial charge in [-0.05, 0) is 31.5 Å². The third-order valence-corrected chi connectivity index (χ3v) is 5.23. The van der Waals surface area contributed by atoms with E-state index in [0.29, 0.717) is 11.3 Å². The fourth-order valence-corrected chi connectivity index (χ4v) is 3.96. The van der Waals surface area contributed by atoms with Crippen LogP contribution >= 0.6 is 0 Å². The summed E-state index contributed by atoms with van der Waals surface area (Å²) in [5, 5.41) is 0. The number of aryl methyl sites for hydroxylation is 1. The summed E-state index contributed by atoms with van der Waals surface area (Å²) in [6.07, 6.45) is 0. The van der Waals surface area contributed by atoms with Crippen LogP contribution in [0.4, 0.5) is 10.1 Å². The van der Waals surface area contributed by atoms with E-state index in [1.807, 2.05) is 0 Å². The van der Waals surface area contributed by atoms with E-state index in [1.165, 1.54) is 24.0 Å². The second-order valence-corrected chi connectivity index (χ2v) is 7.39. The molecule has 0 spiro atoms. The second-order valence-electron chi connectivity index (χ2n) is 5.16. The molecule has 0 bridgehead atoms. The Kier molecular flexibility index (Phi) is 3.73. The number of anilines is 1. The van der Waals surface area contributed by atoms with E-state index < -0.39 is 27.6 Å². The van der Waals surface area contributed by atoms with Crippen molar-refractivity contribution in [2.75, 3.05) is 23.8 Å². The van der Waals surface area contributed by atoms with Gasteiger partial charge >= 0.3 is 0 Å². The first-order chi connectivity index (χ1) is 9.21. The lowest BCUT2D eigenvalue weighted by Crippen LogP contribution is -2.50. The number of benzene rings is 1. The standard InChI is InChI=1S/C13H17FN2O3S/c1-8-5-10(15)6-11(12(8)14)13(17)16-3-4-20(18,19)7-9(16)2/h5-6,9H,3-4,7,15H2,1-2H3. The molecule has 5 nitrogen and oxygen atoms in total. The highest BCUT2D eigenvalue weighted by molar-refractivity contribution is 7.91. The molecule has 1 unspecified atom stereocenters. The zero-order chi connectivity index (χ0) is 15.1. The Morgan fingerprint density at radius 1 is 1.45 bits per heavy atom. The minimum atomic E-state index is -3.12. The van der Waals surface area contributed by atoms with Crippen molar-refractivity contribution < 1.29 is 17.6 Å². The van der Waals surface area contributed by atoms with Gasteiger partial charge in [-0.25, -0.2) is 12.8 Å². The lowest BCUT2D eigenvalue weighted by molar-refractivity contribution is 0.0707. The van der Waals surface area contributed by atoms with Gasteiger partial charge in [-0.3, -0.25) is 4.79 Å². The Balaban J connectivity index is 2.33. The van der Waals surface area contributed by atoms with Crippen molar-refractivity contribution in [1.29, 1.82) is 0 Å². The van der Waals surface area contributed by atoms with Crippen LogP contribution in [-0.4, -0.2) is 43.3 Å². The maximum atomic E-state index is 14.0. The number of rotatable bonds is 1. The number of nitrogen functional groups attached to an aromatic ring is 1. The van der Waals surface area contributed by atoms with Crippen LogP contribution in [0, 0.1) is 12.7 Å². The van der Waals surface area contributed by atoms with Crippen LogP contribution in [0.2, 0.25) is 0 Å². The first kappa shape index (κ1) is 14.8. The number of sulfone groups is 1. The number of carbonyl (C=O) groups is 1. The first-order valence-corrected chi connectivity index (χ1v) is 8.10. The van der Waals surface area contributed by atoms with Crippen molar-refractivity contribution in [2.24, 2.45) is 0 Å². The van der Waals surface area contributed by atoms with Gasteiger partial charge in [0.15, 0.2) is 9.84 Å². The maximum absolute atomic E-state index is 14.0. The van der Waals surface area contributed by atoms with Gasteiger partial charge < -0.3 is 10.6 Å². The molecule has 0 aromatic heterocycles. The van der Waals surface area contributed by atoms with Gasteiger partial charge in [0.05, 0.1) is 17.1 Å². The average Bonchev–Trinajstić information content (AvgIpc) is 2.32. The molecule has 20 heavy (non-hydrogen) atoms. The van der Waals surface area contributed by atoms with E-state index in [0.717, 1.165) is 0 Å². The fraction of sp³-hybridized carbons (Fsp3) is 0.462. The van der Waals surface area contributed by atoms with Gasteiger partial charge in [0.25, 0.3) is 5.91 Å². The lowest BCUT2D eigenvalue weighted by Gasteiger charge is -2.33. The van der Waals surface area contributed by atoms with Crippen LogP contribution in [0.15, 0.2) is 12.1 Å². The molecule has 0 aliphatic carbocycles. The van der Waals surface area contributed by atoms with Crippen molar-refractivity contribution in [3.63, 3.8) is 0 Å². The highest BCUT2D eigenvalue weighted by atomic mass is 32.2. The topological polar surface area (TPSA) is 80.5 Å². The number of amides is 1. The van der Waals surface area contributed by atoms with E-state index in [9.17, 15) is 17.6 Å². The third-order valence-electron chi connectivity index (χ3n) is 3.44. The number of hydrogen-bond acceptors (Lipinski definition) is 4. The molecule has 0 saturated carbocycles. The number of nitrogens with zero attached hydrogens (tertiary/aromatic N) is 1. The molecule has 110 valence electrons. The molecule has 1 saturated heterocycles. The van der Waals surface area contributed by atoms with Gasteiger partial charge in [0.2, 0.25) is 0 Å². The number of halogens is 1. The Bertz CT molecular complexity index is 658. The monoisotopic (exact) mass is 300 g/mol. The van der Waals surface area contributed by atoms with E-state index in [4.69, 9.17) is 5.73 Å². The molecule has 1 fully saturated rings. The molecule has 1 aliphatic heterocycles. The van der Waals surface area contributed by atoms with Crippen molar-refractivity contribution >= 4 is 21.4 Å². The molecule has 1 aromatic carbocycles. The van der Waals surface area contributed by atoms with Crippen LogP contribution in [0.5, 0.6) is 0 Å². The first-order valence-electron chi connectivity index (χ1n) is 6.28. The number of nitrogens with two attached hydrogens (primary N) is 1. The molecule has 1 atom stereocenters. The van der Waals surface area contributed by atoms with E-state index >= 15 is 0 Å². The summed E-state index contributed by atoms with van der Waals surface area (Å²) in [5.41, 5.74) is 6.14. The Morgan fingerprint density at radius 2 is 2.10 bits per heavy atom. The molecule has 0 radical (unpaired) electrons. The SMILES string of the molecule is Cc1cc(N)cc(C(=O)N2CCS(=O)(=O)CC2C)c1F. The molecular formula is C13H17FN2O3S. The minimum absolute atomic E-state index is 0.0790. The molecule has 1 aliphatic rings. The highest BCUT2D eigenvalue weighted by Crippen LogP contribution is 2.21. The predicted octanol–water partition coefficient (Wildman–Crippen LogP) is 0.975. The summed E-state index contributed by atoms with van der Waals surface area (Å²) in [7, 11) is -3.12. The van der Waals surface area contributed by atoms with Crippen molar-refractivity contribution in [3.8, 4) is 0 Å². The summed E-state index contributed by atoms with van der Waals surface area (Å²) < 4.78 is 37.1. The average molecular weight is 300 g/mol. The Labute approximate surface area is 117 Å². The van der Waals surface area contributed by atoms with Crippen molar-refractivity contribution in [1.82, 2.24) is 4.90 Å². The molecule has 1 amide bonds. The third kappa shape index (κ3) is 2.77. The summed E-state index contributed by atoms with van der Waals surface area (Å²) in [4.78, 5) is 13.8. The highest BCUT2D eigenvalue weighted by Gasteiger charge is 2.32. The number of carbonyl (C=O) groups excluding carboxylic acids is 1. The normalized spacial score (nSPS) is 21.8. The van der Waals surface area contributed by atoms with Crippen LogP contribution in [0.1, 0.15) is 22.8 Å². The largest absolute Gasteiger partial charge is 0.399 e. The molecule has 2 rings (SSSR count). The summed E-state index contributed by atoms with van der Waals surface area (Å²) in [6, 6.07) is 2.28. The van der Waals surface area contributed by atoms with E-state index in [-0.39, 0.29) is 23.6 Å². The van der Waals surface area contributed by atoms with E-state index in [1.54, 1.807) is 6.92 Å². The smallest absolute Gasteiger partial charge is 0.257 e. The van der Waals surface area contributed by atoms with Crippen LogP contribution in [-0.2, 0) is 9.84 Å². The molecular weight excluding hydrogens is 283 g/mol. The van der Waals surface area contributed by atoms with Gasteiger partial charge in [-0.1, -0.05) is 0 Å². The second kappa shape index (κ2) is 5.05. The Hall–Kier alpha value is -1.63. The van der Waals surface area contributed by atoms with Crippen LogP contribution < -0.4 is 5.73 Å². The van der Waals surface area contributed by atoms with Crippen molar-refractivity contribution in [3.05, 3.63) is 29.1 Å².